The molecule has 1 atom stereocenters. The second-order valence-electron chi connectivity index (χ2n) is 9.35. The highest BCUT2D eigenvalue weighted by atomic mass is 16.6. The highest BCUT2D eigenvalue weighted by Crippen LogP contribution is 2.24. The molecule has 1 unspecified atom stereocenters. The minimum atomic E-state index is -0.957. The molecule has 0 bridgehead atoms. The molecular formula is C31H31NO7. The number of carbonyl (C=O) groups excluding carboxylic acids is 1. The second-order valence-corrected chi connectivity index (χ2v) is 9.35. The van der Waals surface area contributed by atoms with E-state index in [1.807, 2.05) is 54.6 Å². The third-order valence-electron chi connectivity index (χ3n) is 6.63. The van der Waals surface area contributed by atoms with Crippen molar-refractivity contribution in [2.45, 2.75) is 19.3 Å². The molecule has 1 fully saturated rings. The fourth-order valence-electron chi connectivity index (χ4n) is 4.40. The van der Waals surface area contributed by atoms with Crippen LogP contribution in [-0.2, 0) is 17.6 Å². The average Bonchev–Trinajstić information content (AvgIpc) is 3.35. The first-order valence-corrected chi connectivity index (χ1v) is 12.9. The summed E-state index contributed by atoms with van der Waals surface area (Å²) < 4.78 is 10.9. The van der Waals surface area contributed by atoms with Crippen molar-refractivity contribution in [1.82, 2.24) is 4.90 Å². The summed E-state index contributed by atoms with van der Waals surface area (Å²) in [4.78, 5) is 35.7. The topological polar surface area (TPSA) is 113 Å². The quantitative estimate of drug-likeness (QED) is 0.304. The van der Waals surface area contributed by atoms with Crippen molar-refractivity contribution >= 4 is 24.1 Å². The van der Waals surface area contributed by atoms with Crippen LogP contribution >= 0.6 is 0 Å². The summed E-state index contributed by atoms with van der Waals surface area (Å²) >= 11 is 0. The smallest absolute Gasteiger partial charge is 0.410 e. The van der Waals surface area contributed by atoms with Crippen LogP contribution in [0.2, 0.25) is 0 Å². The third kappa shape index (κ3) is 7.95. The number of nitrogens with zero attached hydrogens (tertiary/aromatic N) is 1. The second kappa shape index (κ2) is 13.3. The molecule has 1 amide bonds. The van der Waals surface area contributed by atoms with Crippen LogP contribution in [0.3, 0.4) is 0 Å². The fraction of sp³-hybridized carbons (Fsp3) is 0.258. The van der Waals surface area contributed by atoms with Gasteiger partial charge in [0.05, 0.1) is 24.2 Å². The number of amides is 1. The molecule has 3 aromatic carbocycles. The highest BCUT2D eigenvalue weighted by Gasteiger charge is 2.21. The first kappa shape index (κ1) is 27.4. The maximum atomic E-state index is 11.7. The monoisotopic (exact) mass is 529 g/mol. The lowest BCUT2D eigenvalue weighted by molar-refractivity contribution is 0.0686. The van der Waals surface area contributed by atoms with E-state index in [0.717, 1.165) is 35.3 Å². The Hall–Kier alpha value is -4.59. The summed E-state index contributed by atoms with van der Waals surface area (Å²) in [5.74, 6) is -1.06. The van der Waals surface area contributed by atoms with Crippen molar-refractivity contribution in [3.63, 3.8) is 0 Å². The van der Waals surface area contributed by atoms with Crippen LogP contribution in [0.4, 0.5) is 4.79 Å². The zero-order valence-electron chi connectivity index (χ0n) is 21.5. The summed E-state index contributed by atoms with van der Waals surface area (Å²) in [5.41, 5.74) is 3.49. The van der Waals surface area contributed by atoms with Crippen LogP contribution in [-0.4, -0.2) is 59.4 Å². The van der Waals surface area contributed by atoms with Gasteiger partial charge in [-0.25, -0.2) is 14.4 Å². The van der Waals surface area contributed by atoms with Crippen LogP contribution in [0.15, 0.2) is 78.9 Å². The minimum absolute atomic E-state index is 0.132. The van der Waals surface area contributed by atoms with Gasteiger partial charge in [0, 0.05) is 5.56 Å². The number of para-hydroxylation sites is 1. The fourth-order valence-corrected chi connectivity index (χ4v) is 4.40. The Morgan fingerprint density at radius 1 is 0.923 bits per heavy atom. The summed E-state index contributed by atoms with van der Waals surface area (Å²) in [6.45, 7) is 1.78. The van der Waals surface area contributed by atoms with Crippen LogP contribution < -0.4 is 4.74 Å². The van der Waals surface area contributed by atoms with Crippen LogP contribution in [0.5, 0.6) is 5.75 Å². The zero-order valence-corrected chi connectivity index (χ0v) is 21.5. The molecule has 8 heteroatoms. The Labute approximate surface area is 227 Å². The van der Waals surface area contributed by atoms with Gasteiger partial charge in [-0.15, -0.1) is 0 Å². The Morgan fingerprint density at radius 2 is 1.56 bits per heavy atom. The predicted molar refractivity (Wildman–Crippen MR) is 146 cm³/mol. The Morgan fingerprint density at radius 3 is 2.18 bits per heavy atom. The van der Waals surface area contributed by atoms with Gasteiger partial charge in [0.15, 0.2) is 0 Å². The van der Waals surface area contributed by atoms with E-state index in [-0.39, 0.29) is 23.1 Å². The van der Waals surface area contributed by atoms with E-state index in [1.165, 1.54) is 0 Å². The van der Waals surface area contributed by atoms with Gasteiger partial charge in [0.25, 0.3) is 0 Å². The number of rotatable bonds is 13. The Bertz CT molecular complexity index is 1320. The summed E-state index contributed by atoms with van der Waals surface area (Å²) in [6, 6.07) is 21.5. The molecule has 0 saturated carbocycles. The molecular weight excluding hydrogens is 498 g/mol. The van der Waals surface area contributed by atoms with E-state index in [9.17, 15) is 19.5 Å². The lowest BCUT2D eigenvalue weighted by Crippen LogP contribution is -2.29. The van der Waals surface area contributed by atoms with Gasteiger partial charge < -0.3 is 24.6 Å². The third-order valence-corrected chi connectivity index (χ3v) is 6.63. The number of carbonyl (C=O) groups is 3. The number of allylic oxidation sites excluding steroid dienone is 1. The van der Waals surface area contributed by atoms with Gasteiger partial charge in [-0.3, -0.25) is 0 Å². The Kier molecular flexibility index (Phi) is 9.34. The van der Waals surface area contributed by atoms with Crippen LogP contribution in [0.25, 0.3) is 6.08 Å². The number of benzene rings is 3. The first-order valence-electron chi connectivity index (χ1n) is 12.9. The van der Waals surface area contributed by atoms with Crippen molar-refractivity contribution in [3.05, 3.63) is 107 Å². The number of aromatic carboxylic acids is 2. The van der Waals surface area contributed by atoms with Gasteiger partial charge in [-0.05, 0) is 66.6 Å². The number of carboxylic acid groups (broad SMARTS) is 2. The molecule has 39 heavy (non-hydrogen) atoms. The number of hydrogen-bond donors (Lipinski definition) is 2. The molecule has 0 spiro atoms. The number of carboxylic acids is 2. The molecule has 3 aromatic rings. The standard InChI is InChI=1S/C31H31NO7/c33-29(34)26-13-7-22(8-14-26)5-6-23(21-24-10-15-27(16-11-24)30(35)36)9-12-25-3-1-2-4-28(25)38-19-17-32-18-20-39-31(32)37/h1-4,7-16,23H,5-6,17-21H2,(H,33,34)(H,35,36). The van der Waals surface area contributed by atoms with Gasteiger partial charge in [0.1, 0.15) is 19.0 Å². The van der Waals surface area contributed by atoms with Gasteiger partial charge in [0.2, 0.25) is 0 Å². The first-order chi connectivity index (χ1) is 18.9. The van der Waals surface area contributed by atoms with E-state index in [0.29, 0.717) is 32.7 Å². The number of aryl methyl sites for hydroxylation is 1. The lowest BCUT2D eigenvalue weighted by Gasteiger charge is -2.16. The molecule has 1 saturated heterocycles. The maximum Gasteiger partial charge on any atom is 0.410 e. The summed E-state index contributed by atoms with van der Waals surface area (Å²) in [7, 11) is 0. The van der Waals surface area contributed by atoms with Gasteiger partial charge in [-0.2, -0.15) is 0 Å². The maximum absolute atomic E-state index is 11.7. The molecule has 0 aliphatic carbocycles. The highest BCUT2D eigenvalue weighted by molar-refractivity contribution is 5.88. The Balaban J connectivity index is 1.46. The van der Waals surface area contributed by atoms with Crippen molar-refractivity contribution in [2.75, 3.05) is 26.3 Å². The summed E-state index contributed by atoms with van der Waals surface area (Å²) in [5, 5.41) is 18.4. The number of hydrogen-bond acceptors (Lipinski definition) is 5. The van der Waals surface area contributed by atoms with E-state index in [1.54, 1.807) is 29.2 Å². The normalized spacial score (nSPS) is 13.8. The number of cyclic esters (lactones) is 1. The molecule has 1 heterocycles. The SMILES string of the molecule is O=C(O)c1ccc(CCC(C=Cc2ccccc2OCCN2CCOC2=O)Cc2ccc(C(=O)O)cc2)cc1. The van der Waals surface area contributed by atoms with E-state index in [4.69, 9.17) is 14.6 Å². The van der Waals surface area contributed by atoms with Gasteiger partial charge >= 0.3 is 18.0 Å². The molecule has 202 valence electrons. The van der Waals surface area contributed by atoms with E-state index in [2.05, 4.69) is 6.08 Å². The van der Waals surface area contributed by atoms with E-state index >= 15 is 0 Å². The molecule has 0 aromatic heterocycles. The van der Waals surface area contributed by atoms with Crippen LogP contribution in [0, 0.1) is 5.92 Å². The van der Waals surface area contributed by atoms with Crippen molar-refractivity contribution in [2.24, 2.45) is 5.92 Å². The van der Waals surface area contributed by atoms with Crippen molar-refractivity contribution in [1.29, 1.82) is 0 Å². The average molecular weight is 530 g/mol. The molecule has 8 nitrogen and oxygen atoms in total. The summed E-state index contributed by atoms with van der Waals surface area (Å²) in [6.07, 6.45) is 6.13. The van der Waals surface area contributed by atoms with Crippen molar-refractivity contribution in [3.8, 4) is 5.75 Å². The number of ether oxygens (including phenoxy) is 2. The molecule has 1 aliphatic rings. The predicted octanol–water partition coefficient (Wildman–Crippen LogP) is 5.42. The van der Waals surface area contributed by atoms with Crippen LogP contribution in [0.1, 0.15) is 43.8 Å². The van der Waals surface area contributed by atoms with Crippen molar-refractivity contribution < 1.29 is 34.1 Å². The van der Waals surface area contributed by atoms with Gasteiger partial charge in [-0.1, -0.05) is 54.6 Å². The molecule has 2 N–H and O–H groups in total. The largest absolute Gasteiger partial charge is 0.491 e. The minimum Gasteiger partial charge on any atom is -0.491 e. The zero-order chi connectivity index (χ0) is 27.6. The molecule has 4 rings (SSSR count). The molecule has 0 radical (unpaired) electrons. The lowest BCUT2D eigenvalue weighted by atomic mass is 9.91. The molecule has 1 aliphatic heterocycles. The van der Waals surface area contributed by atoms with E-state index < -0.39 is 11.9 Å².